The fourth-order valence-corrected chi connectivity index (χ4v) is 2.80. The molecule has 0 bridgehead atoms. The van der Waals surface area contributed by atoms with Gasteiger partial charge in [0.1, 0.15) is 0 Å². The van der Waals surface area contributed by atoms with Crippen LogP contribution in [0.1, 0.15) is 17.5 Å². The first-order valence-electron chi connectivity index (χ1n) is 6.08. The third-order valence-corrected chi connectivity index (χ3v) is 4.07. The zero-order valence-electron chi connectivity index (χ0n) is 10.2. The number of rotatable bonds is 5. The van der Waals surface area contributed by atoms with Crippen molar-refractivity contribution in [3.63, 3.8) is 0 Å². The van der Waals surface area contributed by atoms with Crippen molar-refractivity contribution in [1.82, 2.24) is 0 Å². The summed E-state index contributed by atoms with van der Waals surface area (Å²) in [6, 6.07) is 19.3. The molecule has 0 saturated heterocycles. The van der Waals surface area contributed by atoms with E-state index < -0.39 is 0 Å². The molecule has 0 N–H and O–H groups in total. The van der Waals surface area contributed by atoms with E-state index >= 15 is 0 Å². The van der Waals surface area contributed by atoms with Gasteiger partial charge < -0.3 is 0 Å². The Morgan fingerprint density at radius 2 is 1.59 bits per heavy atom. The highest BCUT2D eigenvalue weighted by molar-refractivity contribution is 7.99. The van der Waals surface area contributed by atoms with Crippen molar-refractivity contribution in [3.8, 4) is 0 Å². The molecule has 2 rings (SSSR count). The van der Waals surface area contributed by atoms with Crippen molar-refractivity contribution in [3.05, 3.63) is 65.7 Å². The maximum absolute atomic E-state index is 2.21. The molecule has 2 aromatic carbocycles. The average Bonchev–Trinajstić information content (AvgIpc) is 2.38. The summed E-state index contributed by atoms with van der Waals surface area (Å²) in [6.45, 7) is 2.18. The molecule has 0 atom stereocenters. The predicted molar refractivity (Wildman–Crippen MR) is 76.7 cm³/mol. The molecule has 0 aliphatic heterocycles. The van der Waals surface area contributed by atoms with Gasteiger partial charge in [0.05, 0.1) is 0 Å². The van der Waals surface area contributed by atoms with Crippen molar-refractivity contribution >= 4 is 11.8 Å². The fourth-order valence-electron chi connectivity index (χ4n) is 1.82. The smallest absolute Gasteiger partial charge is 0.0101 e. The molecule has 0 aromatic heterocycles. The van der Waals surface area contributed by atoms with E-state index in [-0.39, 0.29) is 0 Å². The summed E-state index contributed by atoms with van der Waals surface area (Å²) in [5, 5.41) is 0. The fraction of sp³-hybridized carbons (Fsp3) is 0.250. The lowest BCUT2D eigenvalue weighted by Gasteiger charge is -2.05. The molecular formula is C16H18S. The van der Waals surface area contributed by atoms with Crippen LogP contribution in [0.3, 0.4) is 0 Å². The Kier molecular flexibility index (Phi) is 4.69. The van der Waals surface area contributed by atoms with E-state index in [9.17, 15) is 0 Å². The highest BCUT2D eigenvalue weighted by Crippen LogP contribution is 2.22. The highest BCUT2D eigenvalue weighted by atomic mass is 32.2. The molecule has 0 unspecified atom stereocenters. The van der Waals surface area contributed by atoms with Crippen LogP contribution in [0, 0.1) is 6.92 Å². The standard InChI is InChI=1S/C16H18S/c1-14-8-5-6-12-16(14)17-13-7-11-15-9-3-2-4-10-15/h2-6,8-10,12H,7,11,13H2,1H3. The van der Waals surface area contributed by atoms with Crippen LogP contribution in [0.2, 0.25) is 0 Å². The van der Waals surface area contributed by atoms with E-state index in [0.717, 1.165) is 0 Å². The first-order chi connectivity index (χ1) is 8.36. The largest absolute Gasteiger partial charge is 0.126 e. The summed E-state index contributed by atoms with van der Waals surface area (Å²) in [4.78, 5) is 1.42. The van der Waals surface area contributed by atoms with Crippen molar-refractivity contribution < 1.29 is 0 Å². The van der Waals surface area contributed by atoms with Gasteiger partial charge in [-0.15, -0.1) is 11.8 Å². The molecule has 1 heteroatoms. The van der Waals surface area contributed by atoms with E-state index in [4.69, 9.17) is 0 Å². The zero-order valence-corrected chi connectivity index (χ0v) is 11.0. The van der Waals surface area contributed by atoms with Gasteiger partial charge in [0.2, 0.25) is 0 Å². The molecule has 0 nitrogen and oxygen atoms in total. The first kappa shape index (κ1) is 12.3. The van der Waals surface area contributed by atoms with Gasteiger partial charge in [0.15, 0.2) is 0 Å². The number of benzene rings is 2. The van der Waals surface area contributed by atoms with Gasteiger partial charge in [0.25, 0.3) is 0 Å². The Morgan fingerprint density at radius 1 is 0.882 bits per heavy atom. The lowest BCUT2D eigenvalue weighted by Crippen LogP contribution is -1.88. The van der Waals surface area contributed by atoms with Gasteiger partial charge in [-0.3, -0.25) is 0 Å². The maximum Gasteiger partial charge on any atom is 0.0101 e. The van der Waals surface area contributed by atoms with Crippen LogP contribution in [0.5, 0.6) is 0 Å². The molecule has 0 aliphatic carbocycles. The van der Waals surface area contributed by atoms with Crippen molar-refractivity contribution in [2.24, 2.45) is 0 Å². The molecule has 88 valence electrons. The van der Waals surface area contributed by atoms with E-state index in [1.807, 2.05) is 11.8 Å². The van der Waals surface area contributed by atoms with E-state index in [1.54, 1.807) is 0 Å². The highest BCUT2D eigenvalue weighted by Gasteiger charge is 1.98. The third-order valence-electron chi connectivity index (χ3n) is 2.80. The molecule has 0 amide bonds. The Hall–Kier alpha value is -1.21. The van der Waals surface area contributed by atoms with Gasteiger partial charge in [-0.2, -0.15) is 0 Å². The van der Waals surface area contributed by atoms with Crippen LogP contribution in [0.4, 0.5) is 0 Å². The Morgan fingerprint density at radius 3 is 2.35 bits per heavy atom. The van der Waals surface area contributed by atoms with Crippen molar-refractivity contribution in [2.75, 3.05) is 5.75 Å². The lowest BCUT2D eigenvalue weighted by atomic mass is 10.1. The number of hydrogen-bond acceptors (Lipinski definition) is 1. The molecule has 0 saturated carbocycles. The van der Waals surface area contributed by atoms with Crippen molar-refractivity contribution in [2.45, 2.75) is 24.7 Å². The van der Waals surface area contributed by atoms with Crippen molar-refractivity contribution in [1.29, 1.82) is 0 Å². The van der Waals surface area contributed by atoms with Gasteiger partial charge in [-0.25, -0.2) is 0 Å². The molecule has 0 fully saturated rings. The first-order valence-corrected chi connectivity index (χ1v) is 7.07. The lowest BCUT2D eigenvalue weighted by molar-refractivity contribution is 0.933. The number of aryl methyl sites for hydroxylation is 2. The zero-order chi connectivity index (χ0) is 11.9. The summed E-state index contributed by atoms with van der Waals surface area (Å²) >= 11 is 1.97. The second-order valence-electron chi connectivity index (χ2n) is 4.20. The predicted octanol–water partition coefficient (Wildman–Crippen LogP) is 4.72. The molecule has 0 spiro atoms. The minimum Gasteiger partial charge on any atom is -0.126 e. The molecule has 0 radical (unpaired) electrons. The topological polar surface area (TPSA) is 0 Å². The summed E-state index contributed by atoms with van der Waals surface area (Å²) in [7, 11) is 0. The summed E-state index contributed by atoms with van der Waals surface area (Å²) in [5.74, 6) is 1.19. The summed E-state index contributed by atoms with van der Waals surface area (Å²) in [5.41, 5.74) is 2.83. The monoisotopic (exact) mass is 242 g/mol. The Bertz CT molecular complexity index is 448. The average molecular weight is 242 g/mol. The van der Waals surface area contributed by atoms with Gasteiger partial charge in [0, 0.05) is 4.90 Å². The molecule has 0 aliphatic rings. The van der Waals surface area contributed by atoms with Crippen LogP contribution < -0.4 is 0 Å². The second-order valence-corrected chi connectivity index (χ2v) is 5.34. The SMILES string of the molecule is Cc1ccccc1SCCCc1ccccc1. The van der Waals surface area contributed by atoms with Crippen LogP contribution in [0.15, 0.2) is 59.5 Å². The van der Waals surface area contributed by atoms with E-state index in [1.165, 1.54) is 34.6 Å². The van der Waals surface area contributed by atoms with Crippen LogP contribution in [-0.4, -0.2) is 5.75 Å². The minimum atomic E-state index is 1.18. The minimum absolute atomic E-state index is 1.18. The van der Waals surface area contributed by atoms with Crippen LogP contribution in [-0.2, 0) is 6.42 Å². The maximum atomic E-state index is 2.21. The van der Waals surface area contributed by atoms with Gasteiger partial charge in [-0.1, -0.05) is 48.5 Å². The van der Waals surface area contributed by atoms with E-state index in [2.05, 4.69) is 61.5 Å². The third kappa shape index (κ3) is 3.94. The van der Waals surface area contributed by atoms with Gasteiger partial charge >= 0.3 is 0 Å². The van der Waals surface area contributed by atoms with Gasteiger partial charge in [-0.05, 0) is 42.7 Å². The second kappa shape index (κ2) is 6.51. The number of thioether (sulfide) groups is 1. The quantitative estimate of drug-likeness (QED) is 0.540. The molecular weight excluding hydrogens is 224 g/mol. The van der Waals surface area contributed by atoms with Crippen LogP contribution >= 0.6 is 11.8 Å². The Balaban J connectivity index is 1.76. The molecule has 2 aromatic rings. The Labute approximate surface area is 108 Å². The summed E-state index contributed by atoms with van der Waals surface area (Å²) < 4.78 is 0. The molecule has 17 heavy (non-hydrogen) atoms. The number of hydrogen-bond donors (Lipinski definition) is 0. The van der Waals surface area contributed by atoms with E-state index in [0.29, 0.717) is 0 Å². The van der Waals surface area contributed by atoms with Crippen LogP contribution in [0.25, 0.3) is 0 Å². The summed E-state index contributed by atoms with van der Waals surface area (Å²) in [6.07, 6.45) is 2.42. The molecule has 0 heterocycles. The normalized spacial score (nSPS) is 10.4.